The van der Waals surface area contributed by atoms with E-state index in [0.29, 0.717) is 95.2 Å². The van der Waals surface area contributed by atoms with Crippen LogP contribution in [0.25, 0.3) is 0 Å². The second-order valence-corrected chi connectivity index (χ2v) is 23.3. The zero-order valence-corrected chi connectivity index (χ0v) is 69.3. The van der Waals surface area contributed by atoms with Gasteiger partial charge in [0.1, 0.15) is 0 Å². The van der Waals surface area contributed by atoms with Crippen LogP contribution in [-0.4, -0.2) is 257 Å². The van der Waals surface area contributed by atoms with Crippen LogP contribution in [-0.2, 0) is 0 Å². The minimum absolute atomic E-state index is 0.213. The number of anilines is 24. The SMILES string of the molecule is CCCCCN(C)c1nc(N)nc(NC)n1.CCCCCNc1nc(N)nc(NC)n1.CCCCN(C)c1nc(N)nc(NC)n1.CCCCNc1nc(N)nc(NC)n1.CCCN(C)c1nc(N)nc(NC)n1.CCCNc1nc(N)nc(NC)n1.CCN(C)c1nc(N)nc(NC)n1.CCNc1nc(N)nc(NC)n1. The van der Waals surface area contributed by atoms with Crippen LogP contribution in [0.5, 0.6) is 0 Å². The van der Waals surface area contributed by atoms with Crippen molar-refractivity contribution in [2.24, 2.45) is 0 Å². The lowest BCUT2D eigenvalue weighted by atomic mass is 10.2. The summed E-state index contributed by atoms with van der Waals surface area (Å²) in [5.41, 5.74) is 44.1. The Balaban J connectivity index is 0.000000641. The Kier molecular flexibility index (Phi) is 49.9. The molecule has 0 saturated carbocycles. The van der Waals surface area contributed by atoms with Crippen LogP contribution in [0.1, 0.15) is 132 Å². The fraction of sp³-hybridized carbons (Fsp3) is 0.625. The lowest BCUT2D eigenvalue weighted by molar-refractivity contribution is 0.695. The highest BCUT2D eigenvalue weighted by atomic mass is 15.3. The van der Waals surface area contributed by atoms with Crippen LogP contribution < -0.4 is 129 Å². The molecule has 48 heteroatoms. The highest BCUT2D eigenvalue weighted by Crippen LogP contribution is 2.16. The van der Waals surface area contributed by atoms with E-state index in [0.717, 1.165) is 104 Å². The summed E-state index contributed by atoms with van der Waals surface area (Å²) in [5, 5.41) is 34.8. The van der Waals surface area contributed by atoms with Gasteiger partial charge in [0, 0.05) is 137 Å². The van der Waals surface area contributed by atoms with Crippen LogP contribution in [0.4, 0.5) is 143 Å². The predicted molar refractivity (Wildman–Crippen MR) is 458 cm³/mol. The van der Waals surface area contributed by atoms with Crippen molar-refractivity contribution in [2.75, 3.05) is 266 Å². The third kappa shape index (κ3) is 41.6. The van der Waals surface area contributed by atoms with Crippen LogP contribution in [0.2, 0.25) is 0 Å². The van der Waals surface area contributed by atoms with E-state index in [1.54, 1.807) is 56.4 Å². The molecule has 0 amide bonds. The van der Waals surface area contributed by atoms with E-state index >= 15 is 0 Å². The standard InChI is InChI=1S/C10H20N6.2C9H18N6.2C8H16N6.2C7H14N6.C6H12N6/c1-4-5-6-7-16(3)10-14-8(11)13-9(12-2)15-10;1-4-5-6-15(3)9-13-7(10)12-8(11-2)14-9;1-3-4-5-6-12-9-14-7(10)13-8(11-2)15-9;1-4-5-14(3)8-12-6(9)11-7(10-2)13-8;1-3-4-5-11-8-13-6(9)12-7(10-2)14-8;1-4-13(3)7-11-5(8)10-6(9-2)12-7;1-3-4-10-7-12-5(8)11-6(9-2)13-7;1-3-9-6-11-4(7)10-5(8-2)12-6/h4-7H2,1-3H3,(H3,11,12,13,14,15);4-6H2,1-3H3,(H3,10,11,12,13,14);3-6H2,1-2H3,(H4,10,11,12,13,14,15);4-5H2,1-3H3,(H3,9,10,11,12,13);3-5H2,1-2H3,(H4,9,10,11,12,13,14);4H2,1-3H3,(H3,8,9,10,11,12);3-4H2,1-2H3,(H4,8,9,10,11,12,13);3H2,1-2H3,(H4,7,8,9,10,11,12). The maximum absolute atomic E-state index is 5.60. The number of unbranched alkanes of at least 4 members (excludes halogenated alkanes) is 6. The van der Waals surface area contributed by atoms with Crippen molar-refractivity contribution < 1.29 is 0 Å². The van der Waals surface area contributed by atoms with E-state index in [1.165, 1.54) is 25.7 Å². The molecule has 0 bridgehead atoms. The minimum atomic E-state index is 0.213. The normalized spacial score (nSPS) is 9.89. The second-order valence-electron chi connectivity index (χ2n) is 23.3. The zero-order chi connectivity index (χ0) is 83.8. The summed E-state index contributed by atoms with van der Waals surface area (Å²) in [6, 6.07) is 0. The Labute approximate surface area is 658 Å². The van der Waals surface area contributed by atoms with Gasteiger partial charge in [0.15, 0.2) is 0 Å². The molecule has 0 spiro atoms. The van der Waals surface area contributed by atoms with Gasteiger partial charge in [-0.3, -0.25) is 0 Å². The Morgan fingerprint density at radius 3 is 0.732 bits per heavy atom. The molecule has 624 valence electrons. The number of nitrogens with two attached hydrogens (primary N) is 8. The summed E-state index contributed by atoms with van der Waals surface area (Å²) in [7, 11) is 21.7. The van der Waals surface area contributed by atoms with Gasteiger partial charge in [-0.1, -0.05) is 80.1 Å². The first-order valence-corrected chi connectivity index (χ1v) is 37.1. The summed E-state index contributed by atoms with van der Waals surface area (Å²) in [6.45, 7) is 23.6. The summed E-state index contributed by atoms with van der Waals surface area (Å²) < 4.78 is 0. The van der Waals surface area contributed by atoms with Gasteiger partial charge in [-0.05, 0) is 52.4 Å². The minimum Gasteiger partial charge on any atom is -0.368 e. The Morgan fingerprint density at radius 1 is 0.214 bits per heavy atom. The van der Waals surface area contributed by atoms with Crippen molar-refractivity contribution in [3.63, 3.8) is 0 Å². The van der Waals surface area contributed by atoms with Crippen LogP contribution in [0.3, 0.4) is 0 Å². The third-order valence-corrected chi connectivity index (χ3v) is 14.1. The zero-order valence-electron chi connectivity index (χ0n) is 69.3. The molecule has 0 saturated heterocycles. The highest BCUT2D eigenvalue weighted by Gasteiger charge is 2.12. The van der Waals surface area contributed by atoms with Crippen molar-refractivity contribution in [1.82, 2.24) is 120 Å². The van der Waals surface area contributed by atoms with E-state index in [2.05, 4.69) is 225 Å². The molecule has 8 aromatic heterocycles. The first kappa shape index (κ1) is 97.3. The first-order valence-electron chi connectivity index (χ1n) is 37.1. The lowest BCUT2D eigenvalue weighted by Crippen LogP contribution is -2.22. The van der Waals surface area contributed by atoms with Gasteiger partial charge < -0.3 is 129 Å². The van der Waals surface area contributed by atoms with Gasteiger partial charge in [-0.15, -0.1) is 0 Å². The average Bonchev–Trinajstić information content (AvgIpc) is 0.873. The molecule has 8 heterocycles. The lowest BCUT2D eigenvalue weighted by Gasteiger charge is -2.17. The van der Waals surface area contributed by atoms with Crippen molar-refractivity contribution in [3.05, 3.63) is 0 Å². The highest BCUT2D eigenvalue weighted by molar-refractivity contribution is 5.46. The molecule has 8 rings (SSSR count). The second kappa shape index (κ2) is 57.4. The maximum Gasteiger partial charge on any atom is 0.231 e. The van der Waals surface area contributed by atoms with Gasteiger partial charge in [0.25, 0.3) is 0 Å². The number of nitrogens with one attached hydrogen (secondary N) is 12. The largest absolute Gasteiger partial charge is 0.368 e. The summed E-state index contributed by atoms with van der Waals surface area (Å²) in [6.07, 6.45) is 13.6. The van der Waals surface area contributed by atoms with Crippen LogP contribution >= 0.6 is 0 Å². The fourth-order valence-corrected chi connectivity index (χ4v) is 8.10. The van der Waals surface area contributed by atoms with Gasteiger partial charge >= 0.3 is 0 Å². The maximum atomic E-state index is 5.60. The molecule has 48 nitrogen and oxygen atoms in total. The molecule has 0 aliphatic rings. The average molecular weight is 1570 g/mol. The first-order chi connectivity index (χ1) is 53.7. The molecule has 112 heavy (non-hydrogen) atoms. The van der Waals surface area contributed by atoms with E-state index in [1.807, 2.05) is 61.6 Å². The van der Waals surface area contributed by atoms with Crippen molar-refractivity contribution in [3.8, 4) is 0 Å². The summed E-state index contributed by atoms with van der Waals surface area (Å²) >= 11 is 0. The van der Waals surface area contributed by atoms with E-state index in [4.69, 9.17) is 45.9 Å². The quantitative estimate of drug-likeness (QED) is 0.0245. The van der Waals surface area contributed by atoms with Crippen LogP contribution in [0.15, 0.2) is 0 Å². The number of nitrogens with zero attached hydrogens (tertiary/aromatic N) is 28. The monoisotopic (exact) mass is 1570 g/mol. The van der Waals surface area contributed by atoms with Crippen molar-refractivity contribution in [2.45, 2.75) is 132 Å². The fourth-order valence-electron chi connectivity index (χ4n) is 8.10. The van der Waals surface area contributed by atoms with E-state index in [-0.39, 0.29) is 47.6 Å². The van der Waals surface area contributed by atoms with E-state index in [9.17, 15) is 0 Å². The summed E-state index contributed by atoms with van der Waals surface area (Å²) in [4.78, 5) is 104. The predicted octanol–water partition coefficient (Wildman–Crippen LogP) is 4.20. The van der Waals surface area contributed by atoms with Gasteiger partial charge in [-0.2, -0.15) is 120 Å². The molecule has 0 aromatic carbocycles. The van der Waals surface area contributed by atoms with Gasteiger partial charge in [0.05, 0.1) is 0 Å². The smallest absolute Gasteiger partial charge is 0.231 e. The molecule has 0 fully saturated rings. The Bertz CT molecular complexity index is 3800. The number of aromatic nitrogens is 24. The van der Waals surface area contributed by atoms with Gasteiger partial charge in [0.2, 0.25) is 143 Å². The topological polar surface area (TPSA) is 675 Å². The van der Waals surface area contributed by atoms with Crippen molar-refractivity contribution in [1.29, 1.82) is 0 Å². The molecule has 8 aromatic rings. The Morgan fingerprint density at radius 2 is 0.455 bits per heavy atom. The number of hydrogen-bond acceptors (Lipinski definition) is 48. The molecule has 0 aliphatic heterocycles. The number of hydrogen-bond donors (Lipinski definition) is 20. The molecular weight excluding hydrogens is 1440 g/mol. The number of nitrogen functional groups attached to an aromatic ring is 8. The molecule has 0 atom stereocenters. The molecule has 0 unspecified atom stereocenters. The third-order valence-electron chi connectivity index (χ3n) is 14.1. The molecule has 0 radical (unpaired) electrons. The van der Waals surface area contributed by atoms with Gasteiger partial charge in [-0.25, -0.2) is 0 Å². The van der Waals surface area contributed by atoms with Crippen molar-refractivity contribution >= 4 is 143 Å². The van der Waals surface area contributed by atoms with Crippen LogP contribution in [0, 0.1) is 0 Å². The number of rotatable bonds is 36. The molecule has 0 aliphatic carbocycles. The summed E-state index contributed by atoms with van der Waals surface area (Å²) in [5.74, 6) is 10.2. The Hall–Kier alpha value is -12.7. The molecule has 28 N–H and O–H groups in total. The van der Waals surface area contributed by atoms with E-state index < -0.39 is 0 Å². The molecular formula is C64H128N48.